The standard InChI is InChI=1S/C13H19N3O2/c1-2-11-15-10(16-18-11)6-7-14-13(17)12-8-4-3-5-9(8)12/h8-9,12H,2-7H2,1H3,(H,14,17). The molecule has 2 saturated carbocycles. The van der Waals surface area contributed by atoms with Gasteiger partial charge in [-0.1, -0.05) is 18.5 Å². The fourth-order valence-corrected chi connectivity index (χ4v) is 3.16. The van der Waals surface area contributed by atoms with Crippen LogP contribution >= 0.6 is 0 Å². The van der Waals surface area contributed by atoms with E-state index >= 15 is 0 Å². The van der Waals surface area contributed by atoms with Gasteiger partial charge in [-0.15, -0.1) is 0 Å². The third-order valence-corrected chi connectivity index (χ3v) is 4.17. The molecule has 0 spiro atoms. The number of aromatic nitrogens is 2. The van der Waals surface area contributed by atoms with E-state index in [0.29, 0.717) is 42.4 Å². The zero-order valence-electron chi connectivity index (χ0n) is 10.7. The summed E-state index contributed by atoms with van der Waals surface area (Å²) in [7, 11) is 0. The number of rotatable bonds is 5. The molecule has 0 aliphatic heterocycles. The minimum absolute atomic E-state index is 0.226. The van der Waals surface area contributed by atoms with E-state index in [-0.39, 0.29) is 5.91 Å². The van der Waals surface area contributed by atoms with Gasteiger partial charge in [-0.3, -0.25) is 4.79 Å². The molecule has 0 saturated heterocycles. The maximum Gasteiger partial charge on any atom is 0.226 e. The maximum absolute atomic E-state index is 11.9. The number of hydrogen-bond donors (Lipinski definition) is 1. The topological polar surface area (TPSA) is 68.0 Å². The van der Waals surface area contributed by atoms with Crippen molar-refractivity contribution in [3.8, 4) is 0 Å². The van der Waals surface area contributed by atoms with E-state index in [0.717, 1.165) is 6.42 Å². The fourth-order valence-electron chi connectivity index (χ4n) is 3.16. The maximum atomic E-state index is 11.9. The third kappa shape index (κ3) is 2.13. The molecule has 2 aliphatic rings. The summed E-state index contributed by atoms with van der Waals surface area (Å²) in [6.07, 6.45) is 5.20. The van der Waals surface area contributed by atoms with Gasteiger partial charge in [-0.25, -0.2) is 0 Å². The largest absolute Gasteiger partial charge is 0.355 e. The first-order chi connectivity index (χ1) is 8.79. The molecule has 5 heteroatoms. The minimum Gasteiger partial charge on any atom is -0.355 e. The highest BCUT2D eigenvalue weighted by molar-refractivity contribution is 5.82. The minimum atomic E-state index is 0.226. The van der Waals surface area contributed by atoms with Gasteiger partial charge in [0.25, 0.3) is 0 Å². The van der Waals surface area contributed by atoms with Crippen molar-refractivity contribution in [3.63, 3.8) is 0 Å². The summed E-state index contributed by atoms with van der Waals surface area (Å²) < 4.78 is 5.02. The first-order valence-corrected chi connectivity index (χ1v) is 6.88. The molecule has 2 aliphatic carbocycles. The van der Waals surface area contributed by atoms with Crippen LogP contribution in [0.4, 0.5) is 0 Å². The molecule has 0 bridgehead atoms. The number of aryl methyl sites for hydroxylation is 1. The van der Waals surface area contributed by atoms with Gasteiger partial charge in [0.1, 0.15) is 0 Å². The summed E-state index contributed by atoms with van der Waals surface area (Å²) in [5.74, 6) is 3.24. The Hall–Kier alpha value is -1.39. The lowest BCUT2D eigenvalue weighted by Crippen LogP contribution is -2.28. The van der Waals surface area contributed by atoms with Crippen LogP contribution in [0.5, 0.6) is 0 Å². The van der Waals surface area contributed by atoms with Crippen molar-refractivity contribution >= 4 is 5.91 Å². The van der Waals surface area contributed by atoms with Crippen molar-refractivity contribution < 1.29 is 9.32 Å². The molecule has 98 valence electrons. The number of carbonyl (C=O) groups is 1. The number of nitrogens with one attached hydrogen (secondary N) is 1. The zero-order chi connectivity index (χ0) is 12.5. The second kappa shape index (κ2) is 4.71. The van der Waals surface area contributed by atoms with Crippen LogP contribution in [0.25, 0.3) is 0 Å². The van der Waals surface area contributed by atoms with Gasteiger partial charge >= 0.3 is 0 Å². The van der Waals surface area contributed by atoms with E-state index < -0.39 is 0 Å². The molecule has 1 aromatic heterocycles. The second-order valence-electron chi connectivity index (χ2n) is 5.28. The van der Waals surface area contributed by atoms with Gasteiger partial charge in [0, 0.05) is 25.3 Å². The smallest absolute Gasteiger partial charge is 0.226 e. The van der Waals surface area contributed by atoms with E-state index in [1.165, 1.54) is 19.3 Å². The fraction of sp³-hybridized carbons (Fsp3) is 0.769. The number of nitrogens with zero attached hydrogens (tertiary/aromatic N) is 2. The zero-order valence-corrected chi connectivity index (χ0v) is 10.7. The van der Waals surface area contributed by atoms with E-state index in [2.05, 4.69) is 15.5 Å². The Morgan fingerprint density at radius 2 is 2.22 bits per heavy atom. The quantitative estimate of drug-likeness (QED) is 0.855. The van der Waals surface area contributed by atoms with Crippen LogP contribution in [0.2, 0.25) is 0 Å². The number of hydrogen-bond acceptors (Lipinski definition) is 4. The van der Waals surface area contributed by atoms with Crippen LogP contribution in [0.1, 0.15) is 37.9 Å². The van der Waals surface area contributed by atoms with Crippen molar-refractivity contribution in [2.45, 2.75) is 39.0 Å². The van der Waals surface area contributed by atoms with Crippen molar-refractivity contribution in [1.82, 2.24) is 15.5 Å². The Bertz CT molecular complexity index is 433. The Labute approximate surface area is 106 Å². The molecular formula is C13H19N3O2. The van der Waals surface area contributed by atoms with E-state index in [9.17, 15) is 4.79 Å². The van der Waals surface area contributed by atoms with Crippen LogP contribution in [0.3, 0.4) is 0 Å². The molecule has 2 fully saturated rings. The number of fused-ring (bicyclic) bond motifs is 1. The lowest BCUT2D eigenvalue weighted by atomic mass is 10.1. The normalized spacial score (nSPS) is 29.1. The monoisotopic (exact) mass is 249 g/mol. The summed E-state index contributed by atoms with van der Waals surface area (Å²) in [6.45, 7) is 2.59. The van der Waals surface area contributed by atoms with Gasteiger partial charge in [-0.2, -0.15) is 4.98 Å². The predicted octanol–water partition coefficient (Wildman–Crippen LogP) is 1.34. The first-order valence-electron chi connectivity index (χ1n) is 6.88. The number of carbonyl (C=O) groups excluding carboxylic acids is 1. The highest BCUT2D eigenvalue weighted by Gasteiger charge is 2.56. The molecule has 1 aromatic rings. The van der Waals surface area contributed by atoms with Crippen molar-refractivity contribution in [1.29, 1.82) is 0 Å². The molecule has 0 aromatic carbocycles. The van der Waals surface area contributed by atoms with E-state index in [4.69, 9.17) is 4.52 Å². The summed E-state index contributed by atoms with van der Waals surface area (Å²) in [5, 5.41) is 6.85. The van der Waals surface area contributed by atoms with Crippen LogP contribution < -0.4 is 5.32 Å². The van der Waals surface area contributed by atoms with Crippen molar-refractivity contribution in [2.24, 2.45) is 17.8 Å². The molecule has 0 radical (unpaired) electrons. The molecule has 1 heterocycles. The Balaban J connectivity index is 1.41. The van der Waals surface area contributed by atoms with Crippen LogP contribution in [0.15, 0.2) is 4.52 Å². The van der Waals surface area contributed by atoms with Gasteiger partial charge in [0.05, 0.1) is 0 Å². The average Bonchev–Trinajstić information content (AvgIpc) is 2.78. The van der Waals surface area contributed by atoms with Crippen LogP contribution in [-0.4, -0.2) is 22.6 Å². The Morgan fingerprint density at radius 3 is 2.89 bits per heavy atom. The highest BCUT2D eigenvalue weighted by Crippen LogP contribution is 2.57. The van der Waals surface area contributed by atoms with Gasteiger partial charge in [0.2, 0.25) is 11.8 Å². The Kier molecular flexibility index (Phi) is 3.06. The lowest BCUT2D eigenvalue weighted by molar-refractivity contribution is -0.123. The van der Waals surface area contributed by atoms with Crippen molar-refractivity contribution in [2.75, 3.05) is 6.54 Å². The molecule has 1 N–H and O–H groups in total. The van der Waals surface area contributed by atoms with E-state index in [1.54, 1.807) is 0 Å². The Morgan fingerprint density at radius 1 is 1.44 bits per heavy atom. The average molecular weight is 249 g/mol. The van der Waals surface area contributed by atoms with Crippen molar-refractivity contribution in [3.05, 3.63) is 11.7 Å². The van der Waals surface area contributed by atoms with E-state index in [1.807, 2.05) is 6.92 Å². The predicted molar refractivity (Wildman–Crippen MR) is 64.7 cm³/mol. The summed E-state index contributed by atoms with van der Waals surface area (Å²) in [6, 6.07) is 0. The first kappa shape index (κ1) is 11.7. The molecule has 5 nitrogen and oxygen atoms in total. The third-order valence-electron chi connectivity index (χ3n) is 4.17. The van der Waals surface area contributed by atoms with Gasteiger partial charge in [0.15, 0.2) is 5.82 Å². The summed E-state index contributed by atoms with van der Waals surface area (Å²) in [5.41, 5.74) is 0. The second-order valence-corrected chi connectivity index (χ2v) is 5.28. The molecule has 2 unspecified atom stereocenters. The van der Waals surface area contributed by atoms with Crippen LogP contribution in [-0.2, 0) is 17.6 Å². The van der Waals surface area contributed by atoms with Gasteiger partial charge < -0.3 is 9.84 Å². The van der Waals surface area contributed by atoms with Crippen LogP contribution in [0, 0.1) is 17.8 Å². The molecule has 1 amide bonds. The summed E-state index contributed by atoms with van der Waals surface area (Å²) in [4.78, 5) is 16.1. The summed E-state index contributed by atoms with van der Waals surface area (Å²) >= 11 is 0. The lowest BCUT2D eigenvalue weighted by Gasteiger charge is -2.04. The van der Waals surface area contributed by atoms with Gasteiger partial charge in [-0.05, 0) is 24.7 Å². The molecular weight excluding hydrogens is 230 g/mol. The SMILES string of the molecule is CCc1nc(CCNC(=O)C2C3CCCC32)no1. The molecule has 2 atom stereocenters. The number of amides is 1. The molecule has 18 heavy (non-hydrogen) atoms. The highest BCUT2D eigenvalue weighted by atomic mass is 16.5. The molecule has 3 rings (SSSR count).